The molecule has 0 aromatic carbocycles. The van der Waals surface area contributed by atoms with Crippen LogP contribution >= 0.6 is 11.8 Å². The fraction of sp³-hybridized carbons (Fsp3) is 0.857. The van der Waals surface area contributed by atoms with Crippen LogP contribution in [0.15, 0.2) is 0 Å². The van der Waals surface area contributed by atoms with Crippen LogP contribution in [0.3, 0.4) is 0 Å². The highest BCUT2D eigenvalue weighted by Crippen LogP contribution is 2.38. The van der Waals surface area contributed by atoms with Gasteiger partial charge in [0.25, 0.3) is 0 Å². The number of hydrogen-bond acceptors (Lipinski definition) is 3. The molecule has 19 heavy (non-hydrogen) atoms. The van der Waals surface area contributed by atoms with Crippen LogP contribution in [0.4, 0.5) is 0 Å². The second kappa shape index (κ2) is 6.16. The molecule has 2 aliphatic rings. The Balaban J connectivity index is 2.22. The zero-order valence-corrected chi connectivity index (χ0v) is 12.7. The molecule has 2 fully saturated rings. The Kier molecular flexibility index (Phi) is 4.76. The molecule has 1 heterocycles. The van der Waals surface area contributed by atoms with Gasteiger partial charge < -0.3 is 10.2 Å². The van der Waals surface area contributed by atoms with Crippen molar-refractivity contribution < 1.29 is 9.59 Å². The van der Waals surface area contributed by atoms with Crippen LogP contribution in [0, 0.1) is 0 Å². The Hall–Kier alpha value is -0.710. The van der Waals surface area contributed by atoms with Crippen LogP contribution in [0.2, 0.25) is 0 Å². The third kappa shape index (κ3) is 2.62. The van der Waals surface area contributed by atoms with Crippen molar-refractivity contribution >= 4 is 23.6 Å². The molecule has 1 atom stereocenters. The summed E-state index contributed by atoms with van der Waals surface area (Å²) in [7, 11) is 0. The Morgan fingerprint density at radius 3 is 2.63 bits per heavy atom. The van der Waals surface area contributed by atoms with Gasteiger partial charge in [-0.2, -0.15) is 11.8 Å². The quantitative estimate of drug-likeness (QED) is 0.837. The summed E-state index contributed by atoms with van der Waals surface area (Å²) in [5.74, 6) is 1.13. The number of carbonyl (C=O) groups excluding carboxylic acids is 2. The summed E-state index contributed by atoms with van der Waals surface area (Å²) in [6.45, 7) is 2.75. The number of hydrogen-bond donors (Lipinski definition) is 1. The van der Waals surface area contributed by atoms with Gasteiger partial charge in [-0.3, -0.25) is 9.59 Å². The molecule has 4 nitrogen and oxygen atoms in total. The molecule has 1 aliphatic carbocycles. The number of thioether (sulfide) groups is 1. The molecule has 1 N–H and O–H groups in total. The Morgan fingerprint density at radius 2 is 2.05 bits per heavy atom. The largest absolute Gasteiger partial charge is 0.342 e. The first kappa shape index (κ1) is 14.7. The molecule has 1 spiro atoms. The SMILES string of the molecule is CCCC1NC(=O)C2(CCCC2)N(CCSC)C1=O. The molecule has 1 aliphatic heterocycles. The van der Waals surface area contributed by atoms with Crippen molar-refractivity contribution in [3.8, 4) is 0 Å². The average Bonchev–Trinajstić information content (AvgIpc) is 2.87. The molecule has 2 rings (SSSR count). The molecular formula is C14H24N2O2S. The third-order valence-electron chi connectivity index (χ3n) is 4.34. The molecule has 5 heteroatoms. The van der Waals surface area contributed by atoms with E-state index in [0.717, 1.165) is 44.3 Å². The van der Waals surface area contributed by atoms with Crippen molar-refractivity contribution in [3.05, 3.63) is 0 Å². The van der Waals surface area contributed by atoms with E-state index >= 15 is 0 Å². The highest BCUT2D eigenvalue weighted by atomic mass is 32.2. The summed E-state index contributed by atoms with van der Waals surface area (Å²) in [5.41, 5.74) is -0.531. The van der Waals surface area contributed by atoms with Crippen LogP contribution in [-0.4, -0.2) is 46.8 Å². The number of amides is 2. The zero-order valence-electron chi connectivity index (χ0n) is 11.9. The van der Waals surface area contributed by atoms with Crippen molar-refractivity contribution in [3.63, 3.8) is 0 Å². The summed E-state index contributed by atoms with van der Waals surface area (Å²) in [4.78, 5) is 27.0. The summed E-state index contributed by atoms with van der Waals surface area (Å²) in [5, 5.41) is 2.97. The minimum Gasteiger partial charge on any atom is -0.342 e. The van der Waals surface area contributed by atoms with Crippen LogP contribution in [0.25, 0.3) is 0 Å². The number of nitrogens with one attached hydrogen (secondary N) is 1. The fourth-order valence-electron chi connectivity index (χ4n) is 3.32. The Labute approximate surface area is 119 Å². The van der Waals surface area contributed by atoms with Crippen LogP contribution in [0.5, 0.6) is 0 Å². The van der Waals surface area contributed by atoms with E-state index in [2.05, 4.69) is 5.32 Å². The van der Waals surface area contributed by atoms with Gasteiger partial charge in [0.05, 0.1) is 0 Å². The summed E-state index contributed by atoms with van der Waals surface area (Å²) < 4.78 is 0. The molecule has 0 bridgehead atoms. The molecule has 108 valence electrons. The molecule has 1 saturated heterocycles. The standard InChI is InChI=1S/C14H24N2O2S/c1-3-6-11-12(17)16(9-10-19-2)14(13(18)15-11)7-4-5-8-14/h11H,3-10H2,1-2H3,(H,15,18). The van der Waals surface area contributed by atoms with Crippen molar-refractivity contribution in [2.75, 3.05) is 18.6 Å². The van der Waals surface area contributed by atoms with Gasteiger partial charge in [-0.1, -0.05) is 26.2 Å². The maximum atomic E-state index is 12.6. The van der Waals surface area contributed by atoms with Gasteiger partial charge in [0.1, 0.15) is 11.6 Å². The summed E-state index contributed by atoms with van der Waals surface area (Å²) in [6, 6.07) is -0.300. The predicted molar refractivity (Wildman–Crippen MR) is 78.1 cm³/mol. The predicted octanol–water partition coefficient (Wildman–Crippen LogP) is 1.79. The van der Waals surface area contributed by atoms with E-state index in [1.54, 1.807) is 11.8 Å². The van der Waals surface area contributed by atoms with Crippen molar-refractivity contribution in [1.82, 2.24) is 10.2 Å². The molecule has 1 unspecified atom stereocenters. The molecule has 0 aromatic heterocycles. The highest BCUT2D eigenvalue weighted by Gasteiger charge is 2.53. The van der Waals surface area contributed by atoms with E-state index in [4.69, 9.17) is 0 Å². The second-order valence-electron chi connectivity index (χ2n) is 5.54. The minimum absolute atomic E-state index is 0.0872. The summed E-state index contributed by atoms with van der Waals surface area (Å²) in [6.07, 6.45) is 7.47. The fourth-order valence-corrected chi connectivity index (χ4v) is 3.69. The number of piperazine rings is 1. The number of nitrogens with zero attached hydrogens (tertiary/aromatic N) is 1. The third-order valence-corrected chi connectivity index (χ3v) is 4.93. The zero-order chi connectivity index (χ0) is 13.9. The Morgan fingerprint density at radius 1 is 1.37 bits per heavy atom. The molecular weight excluding hydrogens is 260 g/mol. The van der Waals surface area contributed by atoms with Crippen molar-refractivity contribution in [2.45, 2.75) is 57.0 Å². The van der Waals surface area contributed by atoms with Gasteiger partial charge >= 0.3 is 0 Å². The van der Waals surface area contributed by atoms with Crippen LogP contribution in [0.1, 0.15) is 45.4 Å². The lowest BCUT2D eigenvalue weighted by Gasteiger charge is -2.46. The topological polar surface area (TPSA) is 49.4 Å². The number of rotatable bonds is 5. The van der Waals surface area contributed by atoms with E-state index in [1.807, 2.05) is 18.1 Å². The first-order valence-electron chi connectivity index (χ1n) is 7.27. The van der Waals surface area contributed by atoms with Gasteiger partial charge in [-0.15, -0.1) is 0 Å². The first-order chi connectivity index (χ1) is 9.15. The van der Waals surface area contributed by atoms with Gasteiger partial charge in [-0.05, 0) is 25.5 Å². The number of carbonyl (C=O) groups is 2. The van der Waals surface area contributed by atoms with E-state index < -0.39 is 5.54 Å². The normalized spacial score (nSPS) is 26.0. The molecule has 0 radical (unpaired) electrons. The van der Waals surface area contributed by atoms with Crippen molar-refractivity contribution in [1.29, 1.82) is 0 Å². The summed E-state index contributed by atoms with van der Waals surface area (Å²) >= 11 is 1.73. The molecule has 1 saturated carbocycles. The maximum Gasteiger partial charge on any atom is 0.246 e. The smallest absolute Gasteiger partial charge is 0.246 e. The van der Waals surface area contributed by atoms with Crippen molar-refractivity contribution in [2.24, 2.45) is 0 Å². The highest BCUT2D eigenvalue weighted by molar-refractivity contribution is 7.98. The minimum atomic E-state index is -0.531. The van der Waals surface area contributed by atoms with E-state index in [1.165, 1.54) is 0 Å². The molecule has 2 amide bonds. The Bertz CT molecular complexity index is 353. The molecule has 0 aromatic rings. The van der Waals surface area contributed by atoms with E-state index in [-0.39, 0.29) is 17.9 Å². The van der Waals surface area contributed by atoms with Gasteiger partial charge in [0.2, 0.25) is 11.8 Å². The van der Waals surface area contributed by atoms with Gasteiger partial charge in [0, 0.05) is 12.3 Å². The van der Waals surface area contributed by atoms with Gasteiger partial charge in [-0.25, -0.2) is 0 Å². The van der Waals surface area contributed by atoms with Gasteiger partial charge in [0.15, 0.2) is 0 Å². The van der Waals surface area contributed by atoms with Crippen LogP contribution < -0.4 is 5.32 Å². The lowest BCUT2D eigenvalue weighted by Crippen LogP contribution is -2.70. The first-order valence-corrected chi connectivity index (χ1v) is 8.66. The monoisotopic (exact) mass is 284 g/mol. The van der Waals surface area contributed by atoms with E-state index in [9.17, 15) is 9.59 Å². The lowest BCUT2D eigenvalue weighted by atomic mass is 9.88. The second-order valence-corrected chi connectivity index (χ2v) is 6.52. The lowest BCUT2D eigenvalue weighted by molar-refractivity contribution is -0.157. The maximum absolute atomic E-state index is 12.6. The average molecular weight is 284 g/mol. The van der Waals surface area contributed by atoms with E-state index in [0.29, 0.717) is 6.54 Å². The van der Waals surface area contributed by atoms with Crippen LogP contribution in [-0.2, 0) is 9.59 Å².